The van der Waals surface area contributed by atoms with E-state index in [0.717, 1.165) is 11.8 Å². The molecular formula is C94H144N24O26. The standard InChI is InChI=1S/C94H144N24O26/c1-45(2)72-88(138)108-62(40-71(126)127)84(134)114-73(46(3)4)89(139)105-57(23-15-17-33-95)80(130)102-50(11)78(128)112-76(49(9)10)92(142)116-77(51(12)120)93(143)110-64(44-119)85(135)109-63(39-68(98)123)94(144)118-36-20-25-65(118)86(136)101-43-70(125)117-35-19-26-66(117)87(137)115-75(48(7)8)91(141)106-60(37-52-27-29-54(121)30-28-52)83(133)113-74(47(5)6)90(140)107-61(38-53-41-99-56-22-14-13-21-55(53)56)82(132)103-58(24-16-18-34-96)81(131)104-59(31-32-67(97)122)79(129)100-42-69(124)111-72/h13-14,21-22,27-30,41,45-51,57-66,72-77,99,119-121H,15-20,23-26,31-40,42-44,95-96H2,1-12H3,(H2,97,122)(H2,98,123)(H,100,129)(H,101,136)(H,102,130)(H,103,132)(H,104,131)(H,105,139)(H,106,141)(H,107,140)(H,108,138)(H,109,135)(H,110,143)(H,111,124)(H,112,128)(H,113,133)(H,114,134)(H,115,137)(H,116,142)(H,126,127)/t50-,51+,57-,58-,59-,60-,61-,62-,63-,64-,65-,66-,72-,73-,74-,75-,76-,77-/m0/s1. The summed E-state index contributed by atoms with van der Waals surface area (Å²) in [6.07, 6.45) is -2.78. The molecule has 144 heavy (non-hydrogen) atoms. The number of aromatic hydroxyl groups is 1. The predicted molar refractivity (Wildman–Crippen MR) is 517 cm³/mol. The molecule has 3 fully saturated rings. The Bertz CT molecular complexity index is 5050. The molecule has 50 nitrogen and oxygen atoms in total. The number of carbonyl (C=O) groups is 22. The van der Waals surface area contributed by atoms with Crippen LogP contribution in [0.3, 0.4) is 0 Å². The number of H-pyrrole nitrogens is 1. The number of fused-ring (bicyclic) bond motifs is 3. The van der Waals surface area contributed by atoms with Crippen LogP contribution in [0.1, 0.15) is 184 Å². The van der Waals surface area contributed by atoms with Crippen molar-refractivity contribution in [3.05, 3.63) is 65.9 Å². The fourth-order valence-corrected chi connectivity index (χ4v) is 16.5. The third-order valence-corrected chi connectivity index (χ3v) is 24.7. The van der Waals surface area contributed by atoms with E-state index in [2.05, 4.69) is 95.4 Å². The van der Waals surface area contributed by atoms with Gasteiger partial charge in [0.2, 0.25) is 124 Å². The number of phenols is 1. The van der Waals surface area contributed by atoms with E-state index in [1.165, 1.54) is 77.6 Å². The topological polar surface area (TPSA) is 787 Å². The molecule has 2 aromatic carbocycles. The Kier molecular flexibility index (Phi) is 47.2. The van der Waals surface area contributed by atoms with Gasteiger partial charge in [-0.1, -0.05) is 99.6 Å². The molecule has 1 aromatic heterocycles. The van der Waals surface area contributed by atoms with Gasteiger partial charge in [-0.2, -0.15) is 0 Å². The summed E-state index contributed by atoms with van der Waals surface area (Å²) < 4.78 is 0. The number of phenolic OH excluding ortho intramolecular Hbond substituents is 1. The van der Waals surface area contributed by atoms with Gasteiger partial charge in [0.15, 0.2) is 0 Å². The number of unbranched alkanes of at least 4 members (excludes halogenated alkanes) is 2. The largest absolute Gasteiger partial charge is 0.508 e. The number of primary amides is 2. The number of nitrogens with one attached hydrogen (secondary N) is 18. The van der Waals surface area contributed by atoms with Crippen molar-refractivity contribution in [1.29, 1.82) is 0 Å². The summed E-state index contributed by atoms with van der Waals surface area (Å²) in [4.78, 5) is 317. The minimum absolute atomic E-state index is 0.0177. The number of aromatic nitrogens is 1. The van der Waals surface area contributed by atoms with Gasteiger partial charge < -0.3 is 149 Å². The normalized spacial score (nSPS) is 26.0. The van der Waals surface area contributed by atoms with Gasteiger partial charge in [-0.25, -0.2) is 0 Å². The second kappa shape index (κ2) is 57.3. The van der Waals surface area contributed by atoms with Crippen molar-refractivity contribution in [2.45, 2.75) is 295 Å². The highest BCUT2D eigenvalue weighted by atomic mass is 16.4. The highest BCUT2D eigenvalue weighted by Crippen LogP contribution is 2.25. The first-order chi connectivity index (χ1) is 67.9. The zero-order valence-electron chi connectivity index (χ0n) is 83.2. The van der Waals surface area contributed by atoms with Crippen LogP contribution < -0.4 is 113 Å². The Balaban J connectivity index is 1.37. The van der Waals surface area contributed by atoms with Crippen molar-refractivity contribution < 1.29 is 126 Å². The Morgan fingerprint density at radius 1 is 0.403 bits per heavy atom. The summed E-state index contributed by atoms with van der Waals surface area (Å²) in [5.74, 6) is -27.7. The zero-order chi connectivity index (χ0) is 107. The van der Waals surface area contributed by atoms with E-state index < -0.39 is 314 Å². The summed E-state index contributed by atoms with van der Waals surface area (Å²) in [7, 11) is 0. The van der Waals surface area contributed by atoms with Crippen LogP contribution in [0, 0.1) is 29.6 Å². The Labute approximate surface area is 833 Å². The van der Waals surface area contributed by atoms with Crippen molar-refractivity contribution in [1.82, 2.24) is 105 Å². The highest BCUT2D eigenvalue weighted by molar-refractivity contribution is 6.04. The SMILES string of the molecule is CC(C)[C@@H]1NC(=O)CNC(=O)[C@H](CCC(N)=O)NC(=O)[C@H](CCCCN)NC(=O)[C@H](Cc2c[nH]c3ccccc23)NC(=O)[C@H](C(C)C)NC(=O)[C@H](Cc2ccc(O)cc2)NC(=O)[C@H](C(C)C)NC(=O)[C@@H]2CCCN2C(=O)CNC(=O)[C@@H]2CCCN2C(=O)[C@H](CC(N)=O)NC(=O)[C@H](CO)NC(=O)[C@H]([C@@H](C)O)NC(=O)[C@H](C(C)C)NC(=O)[C@H](C)NC(=O)[C@H](CCCCN)NC(=O)[C@H](C(C)C)NC(=O)[C@H](CC(=O)O)NC1=O. The smallest absolute Gasteiger partial charge is 0.305 e. The van der Waals surface area contributed by atoms with Gasteiger partial charge in [0.25, 0.3) is 0 Å². The Hall–Kier alpha value is -14.0. The maximum Gasteiger partial charge on any atom is 0.305 e. The number of carboxylic acids is 1. The average molecular weight is 2030 g/mol. The molecule has 0 unspecified atom stereocenters. The zero-order valence-corrected chi connectivity index (χ0v) is 83.2. The molecule has 18 atom stereocenters. The fraction of sp³-hybridized carbons (Fsp3) is 0.617. The molecule has 3 aromatic rings. The van der Waals surface area contributed by atoms with Gasteiger partial charge in [0.05, 0.1) is 38.6 Å². The number of benzene rings is 2. The van der Waals surface area contributed by atoms with Gasteiger partial charge in [-0.05, 0) is 156 Å². The average Bonchev–Trinajstić information content (AvgIpc) is 1.69. The van der Waals surface area contributed by atoms with E-state index in [1.54, 1.807) is 58.2 Å². The number of aliphatic hydroxyl groups excluding tert-OH is 2. The minimum Gasteiger partial charge on any atom is -0.508 e. The lowest BCUT2D eigenvalue weighted by atomic mass is 9.98. The van der Waals surface area contributed by atoms with Crippen molar-refractivity contribution in [3.8, 4) is 5.75 Å². The Morgan fingerprint density at radius 3 is 1.31 bits per heavy atom. The summed E-state index contributed by atoms with van der Waals surface area (Å²) in [5.41, 5.74) is 24.3. The van der Waals surface area contributed by atoms with Crippen LogP contribution in [0.25, 0.3) is 10.9 Å². The van der Waals surface area contributed by atoms with E-state index in [-0.39, 0.29) is 103 Å². The lowest BCUT2D eigenvalue weighted by molar-refractivity contribution is -0.144. The number of rotatable bonds is 26. The molecule has 0 aliphatic carbocycles. The first-order valence-electron chi connectivity index (χ1n) is 48.4. The molecule has 3 saturated heterocycles. The van der Waals surface area contributed by atoms with Gasteiger partial charge >= 0.3 is 5.97 Å². The van der Waals surface area contributed by atoms with Gasteiger partial charge in [0, 0.05) is 49.5 Å². The van der Waals surface area contributed by atoms with Crippen LogP contribution in [0.15, 0.2) is 54.7 Å². The molecule has 796 valence electrons. The first-order valence-corrected chi connectivity index (χ1v) is 48.4. The summed E-state index contributed by atoms with van der Waals surface area (Å²) in [6, 6.07) is -15.2. The van der Waals surface area contributed by atoms with Gasteiger partial charge in [0.1, 0.15) is 108 Å². The van der Waals surface area contributed by atoms with Crippen molar-refractivity contribution in [2.24, 2.45) is 52.5 Å². The maximum atomic E-state index is 15.2. The van der Waals surface area contributed by atoms with E-state index in [0.29, 0.717) is 28.5 Å². The number of aliphatic hydroxyl groups is 2. The molecule has 4 heterocycles. The van der Waals surface area contributed by atoms with Gasteiger partial charge in [-0.3, -0.25) is 105 Å². The van der Waals surface area contributed by atoms with Crippen LogP contribution in [0.2, 0.25) is 0 Å². The lowest BCUT2D eigenvalue weighted by Crippen LogP contribution is -2.63. The number of carbonyl (C=O) groups excluding carboxylic acids is 21. The monoisotopic (exact) mass is 2030 g/mol. The predicted octanol–water partition coefficient (Wildman–Crippen LogP) is -7.29. The molecule has 0 spiro atoms. The molecule has 6 rings (SSSR count). The number of hydrogen-bond acceptors (Lipinski definition) is 27. The molecule has 30 N–H and O–H groups in total. The highest BCUT2D eigenvalue weighted by Gasteiger charge is 2.45. The van der Waals surface area contributed by atoms with Gasteiger partial charge in [-0.15, -0.1) is 0 Å². The number of carboxylic acid groups (broad SMARTS) is 1. The molecule has 0 saturated carbocycles. The molecule has 50 heteroatoms. The summed E-state index contributed by atoms with van der Waals surface area (Å²) in [5, 5.41) is 84.8. The fourth-order valence-electron chi connectivity index (χ4n) is 16.5. The molecule has 0 bridgehead atoms. The van der Waals surface area contributed by atoms with E-state index in [9.17, 15) is 112 Å². The quantitative estimate of drug-likeness (QED) is 0.0332. The van der Waals surface area contributed by atoms with Crippen LogP contribution in [0.5, 0.6) is 5.75 Å². The van der Waals surface area contributed by atoms with Crippen LogP contribution in [0.4, 0.5) is 0 Å². The van der Waals surface area contributed by atoms with Crippen LogP contribution in [-0.4, -0.2) is 320 Å². The number of nitrogens with zero attached hydrogens (tertiary/aromatic N) is 2. The van der Waals surface area contributed by atoms with Crippen molar-refractivity contribution in [3.63, 3.8) is 0 Å². The third-order valence-electron chi connectivity index (χ3n) is 24.7. The Morgan fingerprint density at radius 2 is 0.806 bits per heavy atom. The van der Waals surface area contributed by atoms with Crippen LogP contribution >= 0.6 is 0 Å². The first kappa shape index (κ1) is 119. The second-order valence-corrected chi connectivity index (χ2v) is 38.0. The van der Waals surface area contributed by atoms with Crippen molar-refractivity contribution >= 4 is 141 Å². The molecule has 3 aliphatic heterocycles. The minimum atomic E-state index is -2.01. The van der Waals surface area contributed by atoms with E-state index in [4.69, 9.17) is 22.9 Å². The summed E-state index contributed by atoms with van der Waals surface area (Å²) in [6.45, 7) is 14.5. The summed E-state index contributed by atoms with van der Waals surface area (Å²) >= 11 is 0. The number of nitrogens with two attached hydrogens (primary N) is 4. The number of hydrogen-bond donors (Lipinski definition) is 26. The number of amides is 21. The number of aromatic amines is 1. The number of aliphatic carboxylic acids is 1. The van der Waals surface area contributed by atoms with E-state index in [1.807, 2.05) is 0 Å². The van der Waals surface area contributed by atoms with Crippen LogP contribution in [-0.2, 0) is 118 Å². The number of para-hydroxylation sites is 1. The molecule has 0 radical (unpaired) electrons. The molecule has 21 amide bonds. The van der Waals surface area contributed by atoms with E-state index >= 15 is 14.4 Å². The second-order valence-electron chi connectivity index (χ2n) is 38.0. The lowest BCUT2D eigenvalue weighted by Gasteiger charge is -2.31. The van der Waals surface area contributed by atoms with Crippen molar-refractivity contribution in [2.75, 3.05) is 45.9 Å². The molecule has 3 aliphatic rings. The molecular weight excluding hydrogens is 1880 g/mol. The maximum absolute atomic E-state index is 15.2. The third kappa shape index (κ3) is 36.1.